The molecule has 0 bridgehead atoms. The van der Waals surface area contributed by atoms with Crippen molar-refractivity contribution in [1.82, 2.24) is 9.55 Å². The van der Waals surface area contributed by atoms with Gasteiger partial charge in [0.2, 0.25) is 5.75 Å². The van der Waals surface area contributed by atoms with E-state index in [0.717, 1.165) is 11.5 Å². The van der Waals surface area contributed by atoms with E-state index in [4.69, 9.17) is 14.2 Å². The molecule has 1 aromatic carbocycles. The lowest BCUT2D eigenvalue weighted by Gasteiger charge is -2.15. The lowest BCUT2D eigenvalue weighted by molar-refractivity contribution is 0.324. The minimum Gasteiger partial charge on any atom is -0.493 e. The van der Waals surface area contributed by atoms with E-state index >= 15 is 0 Å². The normalized spacial score (nSPS) is 10.2. The van der Waals surface area contributed by atoms with Crippen molar-refractivity contribution in [3.05, 3.63) is 30.4 Å². The lowest BCUT2D eigenvalue weighted by atomic mass is 10.2. The second-order valence-corrected chi connectivity index (χ2v) is 3.73. The summed E-state index contributed by atoms with van der Waals surface area (Å²) in [6.45, 7) is 1.93. The second-order valence-electron chi connectivity index (χ2n) is 3.73. The molecule has 0 aliphatic carbocycles. The molecule has 0 unspecified atom stereocenters. The molecule has 1 heterocycles. The van der Waals surface area contributed by atoms with Crippen LogP contribution in [0.2, 0.25) is 0 Å². The number of hydrogen-bond donors (Lipinski definition) is 0. The highest BCUT2D eigenvalue weighted by Crippen LogP contribution is 2.39. The Morgan fingerprint density at radius 2 is 1.61 bits per heavy atom. The molecule has 0 fully saturated rings. The molecule has 0 spiro atoms. The average Bonchev–Trinajstić information content (AvgIpc) is 2.83. The molecular formula is C13H16N2O3. The van der Waals surface area contributed by atoms with Crippen LogP contribution < -0.4 is 14.2 Å². The highest BCUT2D eigenvalue weighted by atomic mass is 16.5. The SMILES string of the molecule is COc1cc(-n2ccnc2C)cc(OC)c1OC. The van der Waals surface area contributed by atoms with Gasteiger partial charge in [-0.15, -0.1) is 0 Å². The van der Waals surface area contributed by atoms with Gasteiger partial charge in [-0.1, -0.05) is 0 Å². The van der Waals surface area contributed by atoms with Crippen molar-refractivity contribution in [3.8, 4) is 22.9 Å². The van der Waals surface area contributed by atoms with E-state index in [1.165, 1.54) is 0 Å². The first kappa shape index (κ1) is 12.3. The van der Waals surface area contributed by atoms with Crippen molar-refractivity contribution >= 4 is 0 Å². The zero-order chi connectivity index (χ0) is 13.1. The zero-order valence-corrected chi connectivity index (χ0v) is 10.9. The monoisotopic (exact) mass is 248 g/mol. The molecule has 96 valence electrons. The standard InChI is InChI=1S/C13H16N2O3/c1-9-14-5-6-15(9)10-7-11(16-2)13(18-4)12(8-10)17-3/h5-8H,1-4H3. The van der Waals surface area contributed by atoms with E-state index in [9.17, 15) is 0 Å². The fourth-order valence-corrected chi connectivity index (χ4v) is 1.86. The van der Waals surface area contributed by atoms with Crippen LogP contribution in [0.15, 0.2) is 24.5 Å². The number of hydrogen-bond acceptors (Lipinski definition) is 4. The average molecular weight is 248 g/mol. The van der Waals surface area contributed by atoms with Crippen molar-refractivity contribution in [2.75, 3.05) is 21.3 Å². The number of imidazole rings is 1. The Morgan fingerprint density at radius 3 is 2.00 bits per heavy atom. The van der Waals surface area contributed by atoms with Crippen LogP contribution in [0.4, 0.5) is 0 Å². The van der Waals surface area contributed by atoms with Gasteiger partial charge in [-0.05, 0) is 6.92 Å². The van der Waals surface area contributed by atoms with Gasteiger partial charge in [0.05, 0.1) is 27.0 Å². The van der Waals surface area contributed by atoms with Gasteiger partial charge in [0, 0.05) is 24.5 Å². The van der Waals surface area contributed by atoms with E-state index in [2.05, 4.69) is 4.98 Å². The van der Waals surface area contributed by atoms with Crippen LogP contribution in [-0.4, -0.2) is 30.9 Å². The van der Waals surface area contributed by atoms with Crippen LogP contribution in [0, 0.1) is 6.92 Å². The van der Waals surface area contributed by atoms with Gasteiger partial charge < -0.3 is 18.8 Å². The van der Waals surface area contributed by atoms with E-state index in [1.807, 2.05) is 29.8 Å². The first-order chi connectivity index (χ1) is 8.71. The summed E-state index contributed by atoms with van der Waals surface area (Å²) in [5.74, 6) is 2.73. The van der Waals surface area contributed by atoms with Gasteiger partial charge in [0.1, 0.15) is 5.82 Å². The fraction of sp³-hybridized carbons (Fsp3) is 0.308. The van der Waals surface area contributed by atoms with Gasteiger partial charge in [-0.3, -0.25) is 0 Å². The smallest absolute Gasteiger partial charge is 0.203 e. The third-order valence-electron chi connectivity index (χ3n) is 2.75. The summed E-state index contributed by atoms with van der Waals surface area (Å²) in [7, 11) is 4.78. The van der Waals surface area contributed by atoms with Crippen LogP contribution in [0.25, 0.3) is 5.69 Å². The molecule has 0 saturated heterocycles. The zero-order valence-electron chi connectivity index (χ0n) is 10.9. The van der Waals surface area contributed by atoms with E-state index in [0.29, 0.717) is 17.2 Å². The Balaban J connectivity index is 2.60. The summed E-state index contributed by atoms with van der Waals surface area (Å²) < 4.78 is 17.9. The van der Waals surface area contributed by atoms with E-state index < -0.39 is 0 Å². The van der Waals surface area contributed by atoms with Gasteiger partial charge in [0.25, 0.3) is 0 Å². The van der Waals surface area contributed by atoms with Gasteiger partial charge in [-0.25, -0.2) is 4.98 Å². The molecule has 2 aromatic rings. The highest BCUT2D eigenvalue weighted by Gasteiger charge is 2.14. The maximum Gasteiger partial charge on any atom is 0.203 e. The van der Waals surface area contributed by atoms with Crippen molar-refractivity contribution in [1.29, 1.82) is 0 Å². The molecule has 0 radical (unpaired) electrons. The highest BCUT2D eigenvalue weighted by molar-refractivity contribution is 5.58. The van der Waals surface area contributed by atoms with Crippen LogP contribution in [0.1, 0.15) is 5.82 Å². The molecule has 0 aliphatic rings. The Hall–Kier alpha value is -2.17. The summed E-state index contributed by atoms with van der Waals surface area (Å²) in [4.78, 5) is 4.20. The Kier molecular flexibility index (Phi) is 3.41. The molecule has 1 aromatic heterocycles. The molecule has 0 amide bonds. The maximum atomic E-state index is 5.32. The molecule has 0 saturated carbocycles. The second kappa shape index (κ2) is 5.00. The van der Waals surface area contributed by atoms with Gasteiger partial charge in [0.15, 0.2) is 11.5 Å². The van der Waals surface area contributed by atoms with E-state index in [1.54, 1.807) is 27.5 Å². The van der Waals surface area contributed by atoms with Gasteiger partial charge in [-0.2, -0.15) is 0 Å². The van der Waals surface area contributed by atoms with Crippen LogP contribution in [0.3, 0.4) is 0 Å². The summed E-state index contributed by atoms with van der Waals surface area (Å²) in [6, 6.07) is 3.77. The maximum absolute atomic E-state index is 5.32. The quantitative estimate of drug-likeness (QED) is 0.832. The first-order valence-corrected chi connectivity index (χ1v) is 5.51. The molecule has 5 nitrogen and oxygen atoms in total. The molecule has 5 heteroatoms. The Morgan fingerprint density at radius 1 is 1.00 bits per heavy atom. The third kappa shape index (κ3) is 1.99. The molecule has 0 N–H and O–H groups in total. The molecule has 0 atom stereocenters. The minimum absolute atomic E-state index is 0.585. The van der Waals surface area contributed by atoms with Crippen LogP contribution in [-0.2, 0) is 0 Å². The summed E-state index contributed by atoms with van der Waals surface area (Å²) in [5, 5.41) is 0. The number of aryl methyl sites for hydroxylation is 1. The number of methoxy groups -OCH3 is 3. The topological polar surface area (TPSA) is 45.5 Å². The molecule has 0 aliphatic heterocycles. The summed E-state index contributed by atoms with van der Waals surface area (Å²) in [5.41, 5.74) is 0.916. The van der Waals surface area contributed by atoms with Crippen molar-refractivity contribution in [2.45, 2.75) is 6.92 Å². The van der Waals surface area contributed by atoms with Crippen molar-refractivity contribution in [3.63, 3.8) is 0 Å². The van der Waals surface area contributed by atoms with E-state index in [-0.39, 0.29) is 0 Å². The number of rotatable bonds is 4. The lowest BCUT2D eigenvalue weighted by Crippen LogP contribution is -2.00. The first-order valence-electron chi connectivity index (χ1n) is 5.51. The molecule has 2 rings (SSSR count). The number of benzene rings is 1. The Labute approximate surface area is 106 Å². The molecular weight excluding hydrogens is 232 g/mol. The summed E-state index contributed by atoms with van der Waals surface area (Å²) in [6.07, 6.45) is 3.63. The number of aromatic nitrogens is 2. The predicted molar refractivity (Wildman–Crippen MR) is 68.0 cm³/mol. The molecule has 18 heavy (non-hydrogen) atoms. The van der Waals surface area contributed by atoms with Crippen LogP contribution >= 0.6 is 0 Å². The number of nitrogens with zero attached hydrogens (tertiary/aromatic N) is 2. The minimum atomic E-state index is 0.585. The fourth-order valence-electron chi connectivity index (χ4n) is 1.86. The summed E-state index contributed by atoms with van der Waals surface area (Å²) >= 11 is 0. The Bertz CT molecular complexity index is 524. The third-order valence-corrected chi connectivity index (χ3v) is 2.75. The predicted octanol–water partition coefficient (Wildman–Crippen LogP) is 2.21. The van der Waals surface area contributed by atoms with Crippen molar-refractivity contribution < 1.29 is 14.2 Å². The largest absolute Gasteiger partial charge is 0.493 e. The van der Waals surface area contributed by atoms with Crippen molar-refractivity contribution in [2.24, 2.45) is 0 Å². The van der Waals surface area contributed by atoms with Gasteiger partial charge >= 0.3 is 0 Å². The number of ether oxygens (including phenoxy) is 3. The van der Waals surface area contributed by atoms with Crippen LogP contribution in [0.5, 0.6) is 17.2 Å².